The third-order valence-electron chi connectivity index (χ3n) is 2.25. The van der Waals surface area contributed by atoms with Gasteiger partial charge in [0.15, 0.2) is 0 Å². The molecule has 0 amide bonds. The highest BCUT2D eigenvalue weighted by atomic mass is 35.5. The van der Waals surface area contributed by atoms with E-state index in [1.54, 1.807) is 0 Å². The van der Waals surface area contributed by atoms with Crippen molar-refractivity contribution in [3.63, 3.8) is 0 Å². The summed E-state index contributed by atoms with van der Waals surface area (Å²) in [5, 5.41) is 11.0. The Morgan fingerprint density at radius 2 is 2.25 bits per heavy atom. The summed E-state index contributed by atoms with van der Waals surface area (Å²) in [6.45, 7) is 3.80. The largest absolute Gasteiger partial charge is 0.550 e. The van der Waals surface area contributed by atoms with Gasteiger partial charge in [-0.15, -0.1) is 0 Å². The van der Waals surface area contributed by atoms with E-state index >= 15 is 0 Å². The van der Waals surface area contributed by atoms with E-state index in [0.717, 1.165) is 11.1 Å². The van der Waals surface area contributed by atoms with Gasteiger partial charge in [0.25, 0.3) is 0 Å². The first-order chi connectivity index (χ1) is 7.49. The number of carbonyl (C=O) groups excluding carboxylic acids is 1. The van der Waals surface area contributed by atoms with Crippen LogP contribution in [-0.4, -0.2) is 5.97 Å². The zero-order chi connectivity index (χ0) is 12.1. The Kier molecular flexibility index (Phi) is 4.56. The van der Waals surface area contributed by atoms with Gasteiger partial charge in [-0.25, -0.2) is 0 Å². The molecule has 3 heteroatoms. The van der Waals surface area contributed by atoms with Crippen LogP contribution in [0, 0.1) is 12.8 Å². The summed E-state index contributed by atoms with van der Waals surface area (Å²) in [6, 6.07) is 5.76. The Balaban J connectivity index is 2.72. The van der Waals surface area contributed by atoms with Gasteiger partial charge < -0.3 is 9.90 Å². The number of aryl methyl sites for hydroxylation is 1. The van der Waals surface area contributed by atoms with E-state index in [0.29, 0.717) is 5.02 Å². The Morgan fingerprint density at radius 3 is 2.81 bits per heavy atom. The zero-order valence-electron chi connectivity index (χ0n) is 9.37. The minimum Gasteiger partial charge on any atom is -0.550 e. The lowest BCUT2D eigenvalue weighted by molar-refractivity contribution is -0.306. The predicted molar refractivity (Wildman–Crippen MR) is 64.0 cm³/mol. The molecule has 1 unspecified atom stereocenters. The van der Waals surface area contributed by atoms with Gasteiger partial charge >= 0.3 is 0 Å². The third kappa shape index (κ3) is 4.07. The molecular formula is C13H14ClO2-. The molecule has 0 saturated carbocycles. The highest BCUT2D eigenvalue weighted by molar-refractivity contribution is 6.32. The molecule has 1 rings (SSSR count). The molecule has 0 heterocycles. The second-order valence-electron chi connectivity index (χ2n) is 3.94. The van der Waals surface area contributed by atoms with Crippen molar-refractivity contribution in [3.8, 4) is 0 Å². The summed E-state index contributed by atoms with van der Waals surface area (Å²) in [6.07, 6.45) is 3.70. The van der Waals surface area contributed by atoms with Gasteiger partial charge in [-0.05, 0) is 36.5 Å². The topological polar surface area (TPSA) is 40.1 Å². The molecule has 0 saturated heterocycles. The molecule has 0 radical (unpaired) electrons. The van der Waals surface area contributed by atoms with Gasteiger partial charge in [0.2, 0.25) is 0 Å². The molecule has 0 aliphatic carbocycles. The SMILES string of the molecule is Cc1ccc(/C=C/C(C)CC(=O)[O-])c(Cl)c1. The summed E-state index contributed by atoms with van der Waals surface area (Å²) in [4.78, 5) is 10.4. The number of carboxylic acids is 1. The number of aliphatic carboxylic acids is 1. The quantitative estimate of drug-likeness (QED) is 0.807. The van der Waals surface area contributed by atoms with Crippen molar-refractivity contribution in [2.24, 2.45) is 5.92 Å². The van der Waals surface area contributed by atoms with E-state index in [1.165, 1.54) is 0 Å². The molecule has 0 aliphatic heterocycles. The van der Waals surface area contributed by atoms with Crippen molar-refractivity contribution in [1.29, 1.82) is 0 Å². The van der Waals surface area contributed by atoms with Crippen LogP contribution in [0.3, 0.4) is 0 Å². The molecule has 0 bridgehead atoms. The smallest absolute Gasteiger partial charge is 0.0480 e. The number of halogens is 1. The maximum atomic E-state index is 10.4. The van der Waals surface area contributed by atoms with Crippen LogP contribution < -0.4 is 5.11 Å². The summed E-state index contributed by atoms with van der Waals surface area (Å²) in [7, 11) is 0. The lowest BCUT2D eigenvalue weighted by Crippen LogP contribution is -2.23. The molecule has 0 fully saturated rings. The molecule has 0 N–H and O–H groups in total. The maximum absolute atomic E-state index is 10.4. The normalized spacial score (nSPS) is 12.9. The summed E-state index contributed by atoms with van der Waals surface area (Å²) in [5.74, 6) is -1.09. The number of allylic oxidation sites excluding steroid dienone is 1. The number of rotatable bonds is 4. The minimum atomic E-state index is -1.04. The lowest BCUT2D eigenvalue weighted by Gasteiger charge is -2.06. The van der Waals surface area contributed by atoms with Crippen molar-refractivity contribution in [3.05, 3.63) is 40.4 Å². The number of benzene rings is 1. The summed E-state index contributed by atoms with van der Waals surface area (Å²) < 4.78 is 0. The van der Waals surface area contributed by atoms with E-state index in [-0.39, 0.29) is 12.3 Å². The molecular weight excluding hydrogens is 224 g/mol. The highest BCUT2D eigenvalue weighted by Gasteiger charge is 1.99. The van der Waals surface area contributed by atoms with Gasteiger partial charge in [-0.1, -0.05) is 42.8 Å². The van der Waals surface area contributed by atoms with Crippen LogP contribution in [-0.2, 0) is 4.79 Å². The third-order valence-corrected chi connectivity index (χ3v) is 2.58. The number of hydrogen-bond donors (Lipinski definition) is 0. The van der Waals surface area contributed by atoms with Gasteiger partial charge in [-0.2, -0.15) is 0 Å². The van der Waals surface area contributed by atoms with Gasteiger partial charge in [0.1, 0.15) is 0 Å². The number of hydrogen-bond acceptors (Lipinski definition) is 2. The van der Waals surface area contributed by atoms with Crippen LogP contribution in [0.5, 0.6) is 0 Å². The van der Waals surface area contributed by atoms with Crippen molar-refractivity contribution < 1.29 is 9.90 Å². The van der Waals surface area contributed by atoms with Crippen LogP contribution in [0.25, 0.3) is 6.08 Å². The fourth-order valence-corrected chi connectivity index (χ4v) is 1.66. The molecule has 1 aromatic carbocycles. The van der Waals surface area contributed by atoms with E-state index in [2.05, 4.69) is 0 Å². The first-order valence-corrected chi connectivity index (χ1v) is 5.51. The Hall–Kier alpha value is -1.28. The van der Waals surface area contributed by atoms with E-state index < -0.39 is 5.97 Å². The van der Waals surface area contributed by atoms with Crippen LogP contribution in [0.1, 0.15) is 24.5 Å². The van der Waals surface area contributed by atoms with Gasteiger partial charge in [-0.3, -0.25) is 0 Å². The Labute approximate surface area is 101 Å². The molecule has 1 aromatic rings. The Bertz CT molecular complexity index is 410. The number of carbonyl (C=O) groups is 1. The molecule has 0 spiro atoms. The second-order valence-corrected chi connectivity index (χ2v) is 4.34. The molecule has 16 heavy (non-hydrogen) atoms. The van der Waals surface area contributed by atoms with Crippen molar-refractivity contribution in [2.45, 2.75) is 20.3 Å². The zero-order valence-corrected chi connectivity index (χ0v) is 10.1. The monoisotopic (exact) mass is 237 g/mol. The van der Waals surface area contributed by atoms with Crippen LogP contribution in [0.4, 0.5) is 0 Å². The van der Waals surface area contributed by atoms with E-state index in [9.17, 15) is 9.90 Å². The van der Waals surface area contributed by atoms with Gasteiger partial charge in [0.05, 0.1) is 0 Å². The lowest BCUT2D eigenvalue weighted by atomic mass is 10.1. The van der Waals surface area contributed by atoms with Crippen molar-refractivity contribution in [2.75, 3.05) is 0 Å². The molecule has 1 atom stereocenters. The van der Waals surface area contributed by atoms with Crippen LogP contribution in [0.2, 0.25) is 5.02 Å². The standard InChI is InChI=1S/C13H15ClO2/c1-9-3-5-11(12(14)7-9)6-4-10(2)8-13(15)16/h3-7,10H,8H2,1-2H3,(H,15,16)/p-1/b6-4+. The van der Waals surface area contributed by atoms with Crippen LogP contribution >= 0.6 is 11.6 Å². The highest BCUT2D eigenvalue weighted by Crippen LogP contribution is 2.19. The fraction of sp³-hybridized carbons (Fsp3) is 0.308. The van der Waals surface area contributed by atoms with E-state index in [1.807, 2.05) is 44.2 Å². The van der Waals surface area contributed by atoms with E-state index in [4.69, 9.17) is 11.6 Å². The molecule has 86 valence electrons. The first kappa shape index (κ1) is 12.8. The number of carboxylic acid groups (broad SMARTS) is 1. The summed E-state index contributed by atoms with van der Waals surface area (Å²) in [5.41, 5.74) is 2.00. The average Bonchev–Trinajstić information content (AvgIpc) is 2.15. The van der Waals surface area contributed by atoms with Crippen LogP contribution in [0.15, 0.2) is 24.3 Å². The second kappa shape index (κ2) is 5.71. The van der Waals surface area contributed by atoms with Crippen molar-refractivity contribution in [1.82, 2.24) is 0 Å². The molecule has 0 aromatic heterocycles. The average molecular weight is 238 g/mol. The maximum Gasteiger partial charge on any atom is 0.0480 e. The minimum absolute atomic E-state index is 0.0278. The molecule has 2 nitrogen and oxygen atoms in total. The predicted octanol–water partition coefficient (Wildman–Crippen LogP) is 2.44. The molecule has 0 aliphatic rings. The summed E-state index contributed by atoms with van der Waals surface area (Å²) >= 11 is 6.04. The van der Waals surface area contributed by atoms with Crippen molar-refractivity contribution >= 4 is 23.6 Å². The van der Waals surface area contributed by atoms with Gasteiger partial charge in [0, 0.05) is 11.0 Å². The Morgan fingerprint density at radius 1 is 1.56 bits per heavy atom. The first-order valence-electron chi connectivity index (χ1n) is 5.13. The fourth-order valence-electron chi connectivity index (χ4n) is 1.37.